The highest BCUT2D eigenvalue weighted by Gasteiger charge is 2.09. The van der Waals surface area contributed by atoms with Gasteiger partial charge in [-0.1, -0.05) is 6.42 Å². The Labute approximate surface area is 118 Å². The van der Waals surface area contributed by atoms with Crippen LogP contribution in [0.4, 0.5) is 0 Å². The minimum Gasteiger partial charge on any atom is -0.447 e. The van der Waals surface area contributed by atoms with E-state index in [9.17, 15) is 9.59 Å². The molecule has 0 saturated carbocycles. The van der Waals surface area contributed by atoms with Crippen molar-refractivity contribution in [2.24, 2.45) is 0 Å². The van der Waals surface area contributed by atoms with Crippen molar-refractivity contribution < 1.29 is 19.1 Å². The molecule has 0 N–H and O–H groups in total. The molecule has 0 spiro atoms. The van der Waals surface area contributed by atoms with Gasteiger partial charge in [-0.05, 0) is 31.8 Å². The number of carbonyl (C=O) groups is 2. The quantitative estimate of drug-likeness (QED) is 0.292. The van der Waals surface area contributed by atoms with E-state index in [0.717, 1.165) is 19.3 Å². The molecule has 0 aliphatic heterocycles. The lowest BCUT2D eigenvalue weighted by Crippen LogP contribution is -2.13. The number of unbranched alkanes of at least 4 members (excludes halogenated alkanes) is 3. The Bertz CT molecular complexity index is 443. The Balaban J connectivity index is 3.84. The molecular weight excluding hydrogens is 260 g/mol. The topological polar surface area (TPSA) is 100 Å². The predicted octanol–water partition coefficient (Wildman–Crippen LogP) is 2.36. The van der Waals surface area contributed by atoms with Crippen molar-refractivity contribution in [3.63, 3.8) is 0 Å². The standard InChI is InChI=1S/C14H18N2O4/c1-11(17)19-13(9-15)7-5-3-4-6-8-14(10-16)20-12(2)18/h7,14H,3-6,8H2,1-2H3. The number of rotatable bonds is 8. The van der Waals surface area contributed by atoms with Crippen molar-refractivity contribution in [3.8, 4) is 12.1 Å². The maximum Gasteiger partial charge on any atom is 0.308 e. The highest BCUT2D eigenvalue weighted by Crippen LogP contribution is 2.10. The Morgan fingerprint density at radius 3 is 2.35 bits per heavy atom. The summed E-state index contributed by atoms with van der Waals surface area (Å²) in [4.78, 5) is 21.3. The van der Waals surface area contributed by atoms with Crippen molar-refractivity contribution in [3.05, 3.63) is 11.8 Å². The van der Waals surface area contributed by atoms with E-state index in [1.807, 2.05) is 6.07 Å². The normalized spacial score (nSPS) is 11.9. The van der Waals surface area contributed by atoms with Gasteiger partial charge >= 0.3 is 11.9 Å². The molecule has 0 aliphatic rings. The van der Waals surface area contributed by atoms with E-state index in [1.54, 1.807) is 12.1 Å². The first-order valence-corrected chi connectivity index (χ1v) is 6.35. The zero-order chi connectivity index (χ0) is 15.4. The number of nitriles is 2. The van der Waals surface area contributed by atoms with E-state index in [-0.39, 0.29) is 5.76 Å². The molecule has 0 amide bonds. The number of carbonyl (C=O) groups excluding carboxylic acids is 2. The lowest BCUT2D eigenvalue weighted by Gasteiger charge is -2.08. The van der Waals surface area contributed by atoms with Crippen LogP contribution in [0.3, 0.4) is 0 Å². The second-order valence-corrected chi connectivity index (χ2v) is 4.14. The lowest BCUT2D eigenvalue weighted by molar-refractivity contribution is -0.144. The molecule has 0 aromatic rings. The largest absolute Gasteiger partial charge is 0.447 e. The third kappa shape index (κ3) is 9.67. The number of nitrogens with zero attached hydrogens (tertiary/aromatic N) is 2. The first-order chi connectivity index (χ1) is 9.49. The van der Waals surface area contributed by atoms with Crippen LogP contribution in [0.5, 0.6) is 0 Å². The number of ether oxygens (including phenoxy) is 2. The SMILES string of the molecule is CC(=O)OC(C#N)=CCCCCCC(C#N)OC(C)=O. The van der Waals surface area contributed by atoms with Crippen LogP contribution in [0.2, 0.25) is 0 Å². The maximum absolute atomic E-state index is 10.7. The van der Waals surface area contributed by atoms with E-state index in [2.05, 4.69) is 4.74 Å². The molecular formula is C14H18N2O4. The minimum absolute atomic E-state index is 0.00677. The number of hydrogen-bond donors (Lipinski definition) is 0. The molecule has 0 aliphatic carbocycles. The second kappa shape index (κ2) is 10.6. The van der Waals surface area contributed by atoms with Gasteiger partial charge in [0.15, 0.2) is 6.10 Å². The Kier molecular flexibility index (Phi) is 9.33. The van der Waals surface area contributed by atoms with Gasteiger partial charge in [0.1, 0.15) is 12.1 Å². The third-order valence-corrected chi connectivity index (χ3v) is 2.32. The zero-order valence-corrected chi connectivity index (χ0v) is 11.7. The van der Waals surface area contributed by atoms with Crippen molar-refractivity contribution in [1.29, 1.82) is 10.5 Å². The van der Waals surface area contributed by atoms with Gasteiger partial charge in [0.05, 0.1) is 0 Å². The second-order valence-electron chi connectivity index (χ2n) is 4.14. The summed E-state index contributed by atoms with van der Waals surface area (Å²) in [5.74, 6) is -0.970. The predicted molar refractivity (Wildman–Crippen MR) is 69.7 cm³/mol. The van der Waals surface area contributed by atoms with E-state index >= 15 is 0 Å². The summed E-state index contributed by atoms with van der Waals surface area (Å²) >= 11 is 0. The smallest absolute Gasteiger partial charge is 0.308 e. The molecule has 0 aromatic carbocycles. The van der Waals surface area contributed by atoms with Gasteiger partial charge in [0.25, 0.3) is 0 Å². The number of allylic oxidation sites excluding steroid dienone is 2. The molecule has 1 unspecified atom stereocenters. The highest BCUT2D eigenvalue weighted by atomic mass is 16.5. The van der Waals surface area contributed by atoms with Gasteiger partial charge in [0.2, 0.25) is 5.76 Å². The van der Waals surface area contributed by atoms with Crippen LogP contribution in [0, 0.1) is 22.7 Å². The molecule has 0 aromatic heterocycles. The number of esters is 2. The molecule has 108 valence electrons. The van der Waals surface area contributed by atoms with E-state index in [4.69, 9.17) is 15.3 Å². The highest BCUT2D eigenvalue weighted by molar-refractivity contribution is 5.68. The number of hydrogen-bond acceptors (Lipinski definition) is 6. The minimum atomic E-state index is -0.696. The van der Waals surface area contributed by atoms with Gasteiger partial charge in [-0.15, -0.1) is 0 Å². The first kappa shape index (κ1) is 17.7. The van der Waals surface area contributed by atoms with Crippen LogP contribution >= 0.6 is 0 Å². The molecule has 0 radical (unpaired) electrons. The first-order valence-electron chi connectivity index (χ1n) is 6.35. The molecule has 0 fully saturated rings. The summed E-state index contributed by atoms with van der Waals surface area (Å²) in [5, 5.41) is 17.4. The van der Waals surface area contributed by atoms with Gasteiger partial charge in [0, 0.05) is 13.8 Å². The zero-order valence-electron chi connectivity index (χ0n) is 11.7. The summed E-state index contributed by atoms with van der Waals surface area (Å²) in [6.07, 6.45) is 4.35. The van der Waals surface area contributed by atoms with Crippen molar-refractivity contribution in [1.82, 2.24) is 0 Å². The summed E-state index contributed by atoms with van der Waals surface area (Å²) in [5.41, 5.74) is 0. The fourth-order valence-corrected chi connectivity index (χ4v) is 1.50. The van der Waals surface area contributed by atoms with Crippen LogP contribution in [-0.4, -0.2) is 18.0 Å². The van der Waals surface area contributed by atoms with Crippen LogP contribution in [0.25, 0.3) is 0 Å². The Morgan fingerprint density at radius 2 is 1.85 bits per heavy atom. The monoisotopic (exact) mass is 278 g/mol. The van der Waals surface area contributed by atoms with Crippen LogP contribution in [-0.2, 0) is 19.1 Å². The molecule has 6 heteroatoms. The molecule has 0 rings (SSSR count). The summed E-state index contributed by atoms with van der Waals surface area (Å²) in [7, 11) is 0. The van der Waals surface area contributed by atoms with Gasteiger partial charge < -0.3 is 9.47 Å². The molecule has 20 heavy (non-hydrogen) atoms. The summed E-state index contributed by atoms with van der Waals surface area (Å²) < 4.78 is 9.46. The average Bonchev–Trinajstić information content (AvgIpc) is 2.38. The van der Waals surface area contributed by atoms with Crippen molar-refractivity contribution in [2.45, 2.75) is 52.1 Å². The third-order valence-electron chi connectivity index (χ3n) is 2.32. The van der Waals surface area contributed by atoms with Crippen molar-refractivity contribution in [2.75, 3.05) is 0 Å². The van der Waals surface area contributed by atoms with E-state index in [0.29, 0.717) is 12.8 Å². The lowest BCUT2D eigenvalue weighted by atomic mass is 10.1. The average molecular weight is 278 g/mol. The van der Waals surface area contributed by atoms with Gasteiger partial charge in [-0.2, -0.15) is 10.5 Å². The Morgan fingerprint density at radius 1 is 1.15 bits per heavy atom. The van der Waals surface area contributed by atoms with E-state index < -0.39 is 18.0 Å². The van der Waals surface area contributed by atoms with Crippen LogP contribution < -0.4 is 0 Å². The van der Waals surface area contributed by atoms with Gasteiger partial charge in [-0.3, -0.25) is 9.59 Å². The fourth-order valence-electron chi connectivity index (χ4n) is 1.50. The van der Waals surface area contributed by atoms with Crippen molar-refractivity contribution >= 4 is 11.9 Å². The van der Waals surface area contributed by atoms with Gasteiger partial charge in [-0.25, -0.2) is 0 Å². The summed E-state index contributed by atoms with van der Waals surface area (Å²) in [6.45, 7) is 2.51. The maximum atomic E-state index is 10.7. The molecule has 0 bridgehead atoms. The summed E-state index contributed by atoms with van der Waals surface area (Å²) in [6, 6.07) is 3.71. The molecule has 0 heterocycles. The molecule has 0 saturated heterocycles. The van der Waals surface area contributed by atoms with Crippen LogP contribution in [0.1, 0.15) is 46.0 Å². The Hall–Kier alpha value is -2.34. The fraction of sp³-hybridized carbons (Fsp3) is 0.571. The molecule has 6 nitrogen and oxygen atoms in total. The van der Waals surface area contributed by atoms with E-state index in [1.165, 1.54) is 13.8 Å². The molecule has 1 atom stereocenters. The van der Waals surface area contributed by atoms with Crippen LogP contribution in [0.15, 0.2) is 11.8 Å².